The molecule has 1 aromatic heterocycles. The van der Waals surface area contributed by atoms with Crippen molar-refractivity contribution in [2.75, 3.05) is 5.73 Å². The Kier molecular flexibility index (Phi) is 2.27. The molecule has 1 heterocycles. The van der Waals surface area contributed by atoms with Gasteiger partial charge in [-0.25, -0.2) is 0 Å². The maximum absolute atomic E-state index is 5.54. The molecule has 0 amide bonds. The van der Waals surface area contributed by atoms with Gasteiger partial charge in [-0.3, -0.25) is 0 Å². The maximum atomic E-state index is 5.54. The lowest BCUT2D eigenvalue weighted by molar-refractivity contribution is 0.602. The Morgan fingerprint density at radius 1 is 1.14 bits per heavy atom. The van der Waals surface area contributed by atoms with E-state index in [1.807, 2.05) is 18.2 Å². The van der Waals surface area contributed by atoms with Crippen LogP contribution in [-0.4, -0.2) is 0 Å². The minimum Gasteiger partial charge on any atom is -0.441 e. The Balaban J connectivity index is 2.50. The van der Waals surface area contributed by atoms with Crippen molar-refractivity contribution in [1.29, 1.82) is 0 Å². The van der Waals surface area contributed by atoms with Crippen LogP contribution >= 0.6 is 0 Å². The fourth-order valence-electron chi connectivity index (χ4n) is 1.57. The Morgan fingerprint density at radius 2 is 1.93 bits per heavy atom. The molecule has 0 radical (unpaired) electrons. The Morgan fingerprint density at radius 3 is 2.57 bits per heavy atom. The first-order valence-electron chi connectivity index (χ1n) is 4.75. The summed E-state index contributed by atoms with van der Waals surface area (Å²) in [7, 11) is 0. The van der Waals surface area contributed by atoms with E-state index in [1.165, 1.54) is 5.56 Å². The van der Waals surface area contributed by atoms with Gasteiger partial charge in [0.15, 0.2) is 5.88 Å². The van der Waals surface area contributed by atoms with Crippen LogP contribution < -0.4 is 5.73 Å². The van der Waals surface area contributed by atoms with Crippen molar-refractivity contribution in [3.05, 3.63) is 42.0 Å². The second-order valence-electron chi connectivity index (χ2n) is 3.21. The van der Waals surface area contributed by atoms with E-state index in [4.69, 9.17) is 10.2 Å². The number of rotatable bonds is 2. The van der Waals surface area contributed by atoms with Crippen molar-refractivity contribution in [3.8, 4) is 11.3 Å². The predicted molar refractivity (Wildman–Crippen MR) is 57.9 cm³/mol. The summed E-state index contributed by atoms with van der Waals surface area (Å²) in [6.45, 7) is 2.13. The molecule has 0 fully saturated rings. The van der Waals surface area contributed by atoms with Gasteiger partial charge >= 0.3 is 0 Å². The zero-order valence-corrected chi connectivity index (χ0v) is 8.16. The molecular weight excluding hydrogens is 174 g/mol. The summed E-state index contributed by atoms with van der Waals surface area (Å²) in [5.74, 6) is 1.31. The zero-order chi connectivity index (χ0) is 9.97. The van der Waals surface area contributed by atoms with E-state index >= 15 is 0 Å². The van der Waals surface area contributed by atoms with Gasteiger partial charge in [-0.05, 0) is 18.1 Å². The minimum absolute atomic E-state index is 0.464. The summed E-state index contributed by atoms with van der Waals surface area (Å²) in [5, 5.41) is 0. The van der Waals surface area contributed by atoms with Gasteiger partial charge in [-0.1, -0.05) is 31.2 Å². The Bertz CT molecular complexity index is 431. The van der Waals surface area contributed by atoms with Crippen LogP contribution in [-0.2, 0) is 6.42 Å². The number of nitrogen functional groups attached to an aromatic ring is 1. The summed E-state index contributed by atoms with van der Waals surface area (Å²) in [6.07, 6.45) is 0.997. The molecule has 0 bridgehead atoms. The highest BCUT2D eigenvalue weighted by Crippen LogP contribution is 2.26. The maximum Gasteiger partial charge on any atom is 0.190 e. The second kappa shape index (κ2) is 3.58. The van der Waals surface area contributed by atoms with E-state index < -0.39 is 0 Å². The van der Waals surface area contributed by atoms with Crippen molar-refractivity contribution in [3.63, 3.8) is 0 Å². The summed E-state index contributed by atoms with van der Waals surface area (Å²) in [6, 6.07) is 11.9. The molecule has 72 valence electrons. The average molecular weight is 187 g/mol. The summed E-state index contributed by atoms with van der Waals surface area (Å²) >= 11 is 0. The number of furan rings is 1. The highest BCUT2D eigenvalue weighted by atomic mass is 16.3. The van der Waals surface area contributed by atoms with E-state index in [0.717, 1.165) is 17.7 Å². The first-order chi connectivity index (χ1) is 6.81. The standard InChI is InChI=1S/C12H13NO/c1-2-9-5-3-4-6-10(9)11-7-8-12(13)14-11/h3-8H,2,13H2,1H3. The molecule has 14 heavy (non-hydrogen) atoms. The molecule has 0 saturated carbocycles. The molecule has 0 unspecified atom stereocenters. The van der Waals surface area contributed by atoms with Gasteiger partial charge in [-0.15, -0.1) is 0 Å². The lowest BCUT2D eigenvalue weighted by atomic mass is 10.0. The van der Waals surface area contributed by atoms with Crippen molar-refractivity contribution in [2.24, 2.45) is 0 Å². The molecule has 0 atom stereocenters. The van der Waals surface area contributed by atoms with E-state index in [2.05, 4.69) is 19.1 Å². The Hall–Kier alpha value is -1.70. The van der Waals surface area contributed by atoms with Crippen LogP contribution in [0.25, 0.3) is 11.3 Å². The molecule has 2 N–H and O–H groups in total. The molecule has 0 aliphatic heterocycles. The molecule has 2 heteroatoms. The lowest BCUT2D eigenvalue weighted by Crippen LogP contribution is -1.85. The molecular formula is C12H13NO. The third kappa shape index (κ3) is 1.51. The van der Waals surface area contributed by atoms with Crippen LogP contribution in [0.2, 0.25) is 0 Å². The van der Waals surface area contributed by atoms with Crippen LogP contribution in [0.1, 0.15) is 12.5 Å². The first kappa shape index (κ1) is 8.88. The fourth-order valence-corrected chi connectivity index (χ4v) is 1.57. The molecule has 2 aromatic rings. The van der Waals surface area contributed by atoms with Crippen molar-refractivity contribution in [1.82, 2.24) is 0 Å². The van der Waals surface area contributed by atoms with Crippen LogP contribution in [0.3, 0.4) is 0 Å². The van der Waals surface area contributed by atoms with E-state index in [-0.39, 0.29) is 0 Å². The number of hydrogen-bond acceptors (Lipinski definition) is 2. The van der Waals surface area contributed by atoms with Gasteiger partial charge in [0.05, 0.1) is 0 Å². The molecule has 2 nitrogen and oxygen atoms in total. The van der Waals surface area contributed by atoms with E-state index in [1.54, 1.807) is 6.07 Å². The molecule has 1 aromatic carbocycles. The average Bonchev–Trinajstić information content (AvgIpc) is 2.65. The Labute approximate surface area is 83.4 Å². The summed E-state index contributed by atoms with van der Waals surface area (Å²) in [4.78, 5) is 0. The van der Waals surface area contributed by atoms with Gasteiger partial charge in [0, 0.05) is 11.6 Å². The van der Waals surface area contributed by atoms with Gasteiger partial charge < -0.3 is 10.2 Å². The van der Waals surface area contributed by atoms with Gasteiger partial charge in [0.1, 0.15) is 5.76 Å². The normalized spacial score (nSPS) is 10.4. The topological polar surface area (TPSA) is 39.2 Å². The zero-order valence-electron chi connectivity index (χ0n) is 8.16. The van der Waals surface area contributed by atoms with E-state index in [9.17, 15) is 0 Å². The lowest BCUT2D eigenvalue weighted by Gasteiger charge is -2.03. The fraction of sp³-hybridized carbons (Fsp3) is 0.167. The number of benzene rings is 1. The summed E-state index contributed by atoms with van der Waals surface area (Å²) in [5.41, 5.74) is 7.95. The van der Waals surface area contributed by atoms with Gasteiger partial charge in [0.2, 0.25) is 0 Å². The third-order valence-corrected chi connectivity index (χ3v) is 2.29. The third-order valence-electron chi connectivity index (χ3n) is 2.29. The molecule has 0 saturated heterocycles. The highest BCUT2D eigenvalue weighted by molar-refractivity contribution is 5.63. The van der Waals surface area contributed by atoms with Crippen LogP contribution in [0, 0.1) is 0 Å². The number of hydrogen-bond donors (Lipinski definition) is 1. The van der Waals surface area contributed by atoms with Crippen LogP contribution in [0.5, 0.6) is 0 Å². The predicted octanol–water partition coefficient (Wildman–Crippen LogP) is 3.09. The molecule has 0 aliphatic carbocycles. The highest BCUT2D eigenvalue weighted by Gasteiger charge is 2.06. The quantitative estimate of drug-likeness (QED) is 0.784. The van der Waals surface area contributed by atoms with Crippen LogP contribution in [0.4, 0.5) is 5.88 Å². The largest absolute Gasteiger partial charge is 0.441 e. The minimum atomic E-state index is 0.464. The monoisotopic (exact) mass is 187 g/mol. The molecule has 0 spiro atoms. The van der Waals surface area contributed by atoms with Gasteiger partial charge in [-0.2, -0.15) is 0 Å². The van der Waals surface area contributed by atoms with Gasteiger partial charge in [0.25, 0.3) is 0 Å². The first-order valence-corrected chi connectivity index (χ1v) is 4.75. The second-order valence-corrected chi connectivity index (χ2v) is 3.21. The molecule has 0 aliphatic rings. The smallest absolute Gasteiger partial charge is 0.190 e. The SMILES string of the molecule is CCc1ccccc1-c1ccc(N)o1. The van der Waals surface area contributed by atoms with E-state index in [0.29, 0.717) is 5.88 Å². The number of nitrogens with two attached hydrogens (primary N) is 1. The van der Waals surface area contributed by atoms with Crippen molar-refractivity contribution in [2.45, 2.75) is 13.3 Å². The molecule has 2 rings (SSSR count). The number of anilines is 1. The van der Waals surface area contributed by atoms with Crippen molar-refractivity contribution < 1.29 is 4.42 Å². The number of aryl methyl sites for hydroxylation is 1. The van der Waals surface area contributed by atoms with Crippen molar-refractivity contribution >= 4 is 5.88 Å². The summed E-state index contributed by atoms with van der Waals surface area (Å²) < 4.78 is 5.39. The van der Waals surface area contributed by atoms with Crippen LogP contribution in [0.15, 0.2) is 40.8 Å².